The monoisotopic (exact) mass is 185 g/mol. The van der Waals surface area contributed by atoms with Gasteiger partial charge in [-0.2, -0.15) is 5.26 Å². The third kappa shape index (κ3) is 1.27. The van der Waals surface area contributed by atoms with Gasteiger partial charge in [0.1, 0.15) is 11.7 Å². The molecule has 0 saturated carbocycles. The minimum atomic E-state index is -0.178. The molecule has 0 amide bonds. The Labute approximate surface area is 80.2 Å². The molecule has 14 heavy (non-hydrogen) atoms. The molecule has 3 heteroatoms. The lowest BCUT2D eigenvalue weighted by molar-refractivity contribution is 0.585. The molecule has 0 radical (unpaired) electrons. The highest BCUT2D eigenvalue weighted by Crippen LogP contribution is 2.13. The first-order valence-corrected chi connectivity index (χ1v) is 4.15. The van der Waals surface area contributed by atoms with Crippen molar-refractivity contribution in [3.8, 4) is 6.07 Å². The van der Waals surface area contributed by atoms with E-state index in [1.807, 2.05) is 19.1 Å². The van der Waals surface area contributed by atoms with Crippen LogP contribution >= 0.6 is 0 Å². The predicted octanol–water partition coefficient (Wildman–Crippen LogP) is 1.97. The summed E-state index contributed by atoms with van der Waals surface area (Å²) in [6.45, 7) is 1.90. The smallest absolute Gasteiger partial charge is 0.207 e. The minimum Gasteiger partial charge on any atom is -0.445 e. The molecular formula is C11H7NO2. The number of aryl methyl sites for hydroxylation is 1. The van der Waals surface area contributed by atoms with Crippen LogP contribution in [0.5, 0.6) is 0 Å². The van der Waals surface area contributed by atoms with Crippen LogP contribution in [-0.4, -0.2) is 0 Å². The van der Waals surface area contributed by atoms with Crippen LogP contribution in [-0.2, 0) is 0 Å². The van der Waals surface area contributed by atoms with Gasteiger partial charge < -0.3 is 4.42 Å². The van der Waals surface area contributed by atoms with Gasteiger partial charge in [0.2, 0.25) is 5.76 Å². The van der Waals surface area contributed by atoms with Gasteiger partial charge in [-0.1, -0.05) is 6.07 Å². The third-order valence-electron chi connectivity index (χ3n) is 1.99. The van der Waals surface area contributed by atoms with Gasteiger partial charge in [-0.25, -0.2) is 0 Å². The topological polar surface area (TPSA) is 54.0 Å². The van der Waals surface area contributed by atoms with E-state index in [9.17, 15) is 4.79 Å². The maximum Gasteiger partial charge on any atom is 0.207 e. The van der Waals surface area contributed by atoms with Gasteiger partial charge in [0.05, 0.1) is 5.39 Å². The molecule has 2 rings (SSSR count). The van der Waals surface area contributed by atoms with Crippen LogP contribution in [0.25, 0.3) is 11.0 Å². The lowest BCUT2D eigenvalue weighted by Gasteiger charge is -1.97. The van der Waals surface area contributed by atoms with E-state index in [0.29, 0.717) is 11.0 Å². The molecule has 0 spiro atoms. The fourth-order valence-corrected chi connectivity index (χ4v) is 1.32. The van der Waals surface area contributed by atoms with Gasteiger partial charge in [-0.15, -0.1) is 0 Å². The fourth-order valence-electron chi connectivity index (χ4n) is 1.32. The zero-order valence-corrected chi connectivity index (χ0v) is 7.57. The largest absolute Gasteiger partial charge is 0.445 e. The second-order valence-electron chi connectivity index (χ2n) is 3.09. The van der Waals surface area contributed by atoms with E-state index in [0.717, 1.165) is 5.56 Å². The predicted molar refractivity (Wildman–Crippen MR) is 51.9 cm³/mol. The van der Waals surface area contributed by atoms with Crippen LogP contribution < -0.4 is 5.43 Å². The van der Waals surface area contributed by atoms with Crippen LogP contribution in [0.4, 0.5) is 0 Å². The van der Waals surface area contributed by atoms with E-state index in [1.165, 1.54) is 6.07 Å². The van der Waals surface area contributed by atoms with Crippen LogP contribution in [0.3, 0.4) is 0 Å². The molecule has 1 aromatic heterocycles. The molecular weight excluding hydrogens is 178 g/mol. The highest BCUT2D eigenvalue weighted by Gasteiger charge is 2.03. The summed E-state index contributed by atoms with van der Waals surface area (Å²) in [5.74, 6) is 0.0492. The van der Waals surface area contributed by atoms with Crippen molar-refractivity contribution >= 4 is 11.0 Å². The standard InChI is InChI=1S/C11H7NO2/c1-7-2-3-9-10(13)5-8(6-12)14-11(9)4-7/h2-5H,1H3. The quantitative estimate of drug-likeness (QED) is 0.630. The molecule has 0 aliphatic carbocycles. The van der Waals surface area contributed by atoms with Gasteiger partial charge in [-0.05, 0) is 24.6 Å². The first kappa shape index (κ1) is 8.52. The number of nitrogens with zero attached hydrogens (tertiary/aromatic N) is 1. The second-order valence-corrected chi connectivity index (χ2v) is 3.09. The Hall–Kier alpha value is -2.08. The molecule has 0 N–H and O–H groups in total. The molecule has 1 heterocycles. The van der Waals surface area contributed by atoms with Crippen molar-refractivity contribution in [3.63, 3.8) is 0 Å². The summed E-state index contributed by atoms with van der Waals surface area (Å²) in [5, 5.41) is 9.12. The molecule has 68 valence electrons. The van der Waals surface area contributed by atoms with Gasteiger partial charge in [0.15, 0.2) is 5.43 Å². The number of nitriles is 1. The van der Waals surface area contributed by atoms with Gasteiger partial charge >= 0.3 is 0 Å². The van der Waals surface area contributed by atoms with Crippen molar-refractivity contribution in [2.45, 2.75) is 6.92 Å². The van der Waals surface area contributed by atoms with Crippen molar-refractivity contribution in [3.05, 3.63) is 45.8 Å². The SMILES string of the molecule is Cc1ccc2c(=O)cc(C#N)oc2c1. The molecule has 3 nitrogen and oxygen atoms in total. The summed E-state index contributed by atoms with van der Waals surface area (Å²) in [6, 6.07) is 8.31. The Morgan fingerprint density at radius 2 is 2.14 bits per heavy atom. The molecule has 0 saturated heterocycles. The van der Waals surface area contributed by atoms with Crippen molar-refractivity contribution in [2.75, 3.05) is 0 Å². The van der Waals surface area contributed by atoms with E-state index in [4.69, 9.17) is 9.68 Å². The van der Waals surface area contributed by atoms with Crippen LogP contribution in [0.15, 0.2) is 33.5 Å². The van der Waals surface area contributed by atoms with Gasteiger partial charge in [-0.3, -0.25) is 4.79 Å². The zero-order chi connectivity index (χ0) is 10.1. The summed E-state index contributed by atoms with van der Waals surface area (Å²) < 4.78 is 5.21. The maximum atomic E-state index is 11.5. The average Bonchev–Trinajstić information content (AvgIpc) is 2.16. The van der Waals surface area contributed by atoms with Crippen LogP contribution in [0, 0.1) is 18.3 Å². The number of benzene rings is 1. The summed E-state index contributed by atoms with van der Waals surface area (Å²) >= 11 is 0. The van der Waals surface area contributed by atoms with Crippen molar-refractivity contribution < 1.29 is 4.42 Å². The molecule has 0 aliphatic rings. The zero-order valence-electron chi connectivity index (χ0n) is 7.57. The second kappa shape index (κ2) is 3.00. The Balaban J connectivity index is 2.92. The molecule has 2 aromatic rings. The Morgan fingerprint density at radius 3 is 2.86 bits per heavy atom. The Bertz CT molecular complexity index is 590. The van der Waals surface area contributed by atoms with Crippen molar-refractivity contribution in [1.29, 1.82) is 5.26 Å². The Kier molecular flexibility index (Phi) is 1.83. The summed E-state index contributed by atoms with van der Waals surface area (Å²) in [7, 11) is 0. The van der Waals surface area contributed by atoms with Gasteiger partial charge in [0, 0.05) is 6.07 Å². The third-order valence-corrected chi connectivity index (χ3v) is 1.99. The molecule has 0 aliphatic heterocycles. The minimum absolute atomic E-state index is 0.0492. The van der Waals surface area contributed by atoms with Crippen LogP contribution in [0.1, 0.15) is 11.3 Å². The average molecular weight is 185 g/mol. The number of fused-ring (bicyclic) bond motifs is 1. The first-order chi connectivity index (χ1) is 6.70. The summed E-state index contributed by atoms with van der Waals surface area (Å²) in [4.78, 5) is 11.5. The molecule has 0 unspecified atom stereocenters. The molecule has 1 aromatic carbocycles. The van der Waals surface area contributed by atoms with Crippen molar-refractivity contribution in [2.24, 2.45) is 0 Å². The molecule has 0 atom stereocenters. The van der Waals surface area contributed by atoms with E-state index in [1.54, 1.807) is 12.1 Å². The van der Waals surface area contributed by atoms with Crippen molar-refractivity contribution in [1.82, 2.24) is 0 Å². The van der Waals surface area contributed by atoms with Gasteiger partial charge in [0.25, 0.3) is 0 Å². The molecule has 0 bridgehead atoms. The number of rotatable bonds is 0. The number of hydrogen-bond acceptors (Lipinski definition) is 3. The van der Waals surface area contributed by atoms with E-state index < -0.39 is 0 Å². The highest BCUT2D eigenvalue weighted by molar-refractivity contribution is 5.77. The van der Waals surface area contributed by atoms with E-state index in [-0.39, 0.29) is 11.2 Å². The summed E-state index contributed by atoms with van der Waals surface area (Å²) in [6.07, 6.45) is 0. The summed E-state index contributed by atoms with van der Waals surface area (Å²) in [5.41, 5.74) is 1.28. The molecule has 0 fully saturated rings. The normalized spacial score (nSPS) is 10.0. The first-order valence-electron chi connectivity index (χ1n) is 4.15. The fraction of sp³-hybridized carbons (Fsp3) is 0.0909. The lowest BCUT2D eigenvalue weighted by atomic mass is 10.1. The highest BCUT2D eigenvalue weighted by atomic mass is 16.3. The van der Waals surface area contributed by atoms with E-state index >= 15 is 0 Å². The van der Waals surface area contributed by atoms with Crippen LogP contribution in [0.2, 0.25) is 0 Å². The number of hydrogen-bond donors (Lipinski definition) is 0. The van der Waals surface area contributed by atoms with E-state index in [2.05, 4.69) is 0 Å². The maximum absolute atomic E-state index is 11.5. The Morgan fingerprint density at radius 1 is 1.36 bits per heavy atom. The lowest BCUT2D eigenvalue weighted by Crippen LogP contribution is -2.00.